The maximum atomic E-state index is 11.9. The number of hydrogen-bond acceptors (Lipinski definition) is 4. The number of rotatable bonds is 6. The minimum atomic E-state index is -1.17. The van der Waals surface area contributed by atoms with E-state index < -0.39 is 5.60 Å². The number of nitrogens with one attached hydrogen (secondary N) is 2. The van der Waals surface area contributed by atoms with Crippen LogP contribution in [-0.4, -0.2) is 48.8 Å². The Morgan fingerprint density at radius 2 is 1.77 bits per heavy atom. The van der Waals surface area contributed by atoms with Crippen LogP contribution in [0.5, 0.6) is 0 Å². The lowest BCUT2D eigenvalue weighted by Crippen LogP contribution is -2.51. The molecule has 0 aromatic carbocycles. The van der Waals surface area contributed by atoms with Crippen molar-refractivity contribution in [1.82, 2.24) is 15.5 Å². The van der Waals surface area contributed by atoms with E-state index in [0.717, 1.165) is 5.76 Å². The van der Waals surface area contributed by atoms with Gasteiger partial charge in [-0.2, -0.15) is 0 Å². The third kappa shape index (κ3) is 4.74. The van der Waals surface area contributed by atoms with Gasteiger partial charge >= 0.3 is 6.03 Å². The van der Waals surface area contributed by atoms with E-state index in [1.54, 1.807) is 19.9 Å². The second-order valence-electron chi connectivity index (χ2n) is 6.84. The predicted octanol–water partition coefficient (Wildman–Crippen LogP) is 1.74. The molecule has 0 radical (unpaired) electrons. The van der Waals surface area contributed by atoms with Gasteiger partial charge < -0.3 is 25.1 Å². The van der Waals surface area contributed by atoms with Gasteiger partial charge in [-0.1, -0.05) is 0 Å². The molecule has 0 aliphatic heterocycles. The Bertz CT molecular complexity index is 519. The molecule has 22 heavy (non-hydrogen) atoms. The molecular formula is C16H29N3O3. The number of urea groups is 1. The maximum Gasteiger partial charge on any atom is 0.314 e. The van der Waals surface area contributed by atoms with Gasteiger partial charge in [-0.05, 0) is 54.8 Å². The SMILES string of the molecule is Cc1cc(C(C)(O)CNC(=O)NCC(C)(C)N(C)C)c(C)o1. The van der Waals surface area contributed by atoms with Crippen LogP contribution in [0.3, 0.4) is 0 Å². The zero-order valence-corrected chi connectivity index (χ0v) is 14.7. The number of furan rings is 1. The van der Waals surface area contributed by atoms with Gasteiger partial charge in [-0.15, -0.1) is 0 Å². The quantitative estimate of drug-likeness (QED) is 0.748. The highest BCUT2D eigenvalue weighted by molar-refractivity contribution is 5.74. The fraction of sp³-hybridized carbons (Fsp3) is 0.688. The molecule has 1 heterocycles. The van der Waals surface area contributed by atoms with Crippen LogP contribution in [0.15, 0.2) is 10.5 Å². The molecule has 0 fully saturated rings. The number of likely N-dealkylation sites (N-methyl/N-ethyl adjacent to an activating group) is 1. The average Bonchev–Trinajstić information content (AvgIpc) is 2.74. The van der Waals surface area contributed by atoms with Crippen LogP contribution in [-0.2, 0) is 5.60 Å². The first-order chi connectivity index (χ1) is 9.95. The van der Waals surface area contributed by atoms with Crippen molar-refractivity contribution < 1.29 is 14.3 Å². The maximum absolute atomic E-state index is 11.9. The zero-order chi connectivity index (χ0) is 17.1. The number of carbonyl (C=O) groups excluding carboxylic acids is 1. The third-order valence-corrected chi connectivity index (χ3v) is 4.11. The molecule has 126 valence electrons. The minimum absolute atomic E-state index is 0.112. The van der Waals surface area contributed by atoms with Crippen molar-refractivity contribution in [2.24, 2.45) is 0 Å². The lowest BCUT2D eigenvalue weighted by atomic mass is 9.96. The molecular weight excluding hydrogens is 282 g/mol. The van der Waals surface area contributed by atoms with E-state index in [9.17, 15) is 9.90 Å². The number of hydrogen-bond donors (Lipinski definition) is 3. The van der Waals surface area contributed by atoms with Gasteiger partial charge in [0.15, 0.2) is 0 Å². The summed E-state index contributed by atoms with van der Waals surface area (Å²) in [6, 6.07) is 1.50. The molecule has 0 spiro atoms. The van der Waals surface area contributed by atoms with Crippen molar-refractivity contribution in [3.63, 3.8) is 0 Å². The van der Waals surface area contributed by atoms with E-state index >= 15 is 0 Å². The van der Waals surface area contributed by atoms with Crippen molar-refractivity contribution in [3.05, 3.63) is 23.2 Å². The molecule has 3 N–H and O–H groups in total. The van der Waals surface area contributed by atoms with Gasteiger partial charge in [0.05, 0.1) is 6.54 Å². The van der Waals surface area contributed by atoms with Crippen LogP contribution < -0.4 is 10.6 Å². The smallest absolute Gasteiger partial charge is 0.314 e. The lowest BCUT2D eigenvalue weighted by molar-refractivity contribution is 0.0577. The fourth-order valence-corrected chi connectivity index (χ4v) is 2.03. The molecule has 1 rings (SSSR count). The lowest BCUT2D eigenvalue weighted by Gasteiger charge is -2.32. The molecule has 0 aliphatic carbocycles. The summed E-state index contributed by atoms with van der Waals surface area (Å²) in [5.41, 5.74) is -0.618. The largest absolute Gasteiger partial charge is 0.466 e. The Morgan fingerprint density at radius 1 is 1.23 bits per heavy atom. The highest BCUT2D eigenvalue weighted by Gasteiger charge is 2.28. The summed E-state index contributed by atoms with van der Waals surface area (Å²) in [6.45, 7) is 10.0. The monoisotopic (exact) mass is 311 g/mol. The summed E-state index contributed by atoms with van der Waals surface area (Å²) in [7, 11) is 3.93. The molecule has 6 nitrogen and oxygen atoms in total. The normalized spacial score (nSPS) is 14.8. The number of aliphatic hydroxyl groups is 1. The highest BCUT2D eigenvalue weighted by Crippen LogP contribution is 2.26. The van der Waals surface area contributed by atoms with Gasteiger partial charge in [0, 0.05) is 17.6 Å². The summed E-state index contributed by atoms with van der Waals surface area (Å²) < 4.78 is 5.43. The Hall–Kier alpha value is -1.53. The van der Waals surface area contributed by atoms with E-state index in [1.165, 1.54) is 0 Å². The van der Waals surface area contributed by atoms with Gasteiger partial charge in [-0.25, -0.2) is 4.79 Å². The van der Waals surface area contributed by atoms with Gasteiger partial charge in [0.1, 0.15) is 17.1 Å². The molecule has 6 heteroatoms. The Labute approximate surface area is 132 Å². The number of nitrogens with zero attached hydrogens (tertiary/aromatic N) is 1. The molecule has 0 saturated heterocycles. The minimum Gasteiger partial charge on any atom is -0.466 e. The first kappa shape index (κ1) is 18.5. The van der Waals surface area contributed by atoms with Crippen molar-refractivity contribution >= 4 is 6.03 Å². The second-order valence-corrected chi connectivity index (χ2v) is 6.84. The average molecular weight is 311 g/mol. The van der Waals surface area contributed by atoms with Crippen LogP contribution in [0.25, 0.3) is 0 Å². The van der Waals surface area contributed by atoms with Crippen LogP contribution in [0.1, 0.15) is 37.9 Å². The van der Waals surface area contributed by atoms with E-state index in [0.29, 0.717) is 17.9 Å². The second kappa shape index (κ2) is 6.71. The molecule has 1 unspecified atom stereocenters. The fourth-order valence-electron chi connectivity index (χ4n) is 2.03. The van der Waals surface area contributed by atoms with Crippen molar-refractivity contribution in [3.8, 4) is 0 Å². The summed E-state index contributed by atoms with van der Waals surface area (Å²) >= 11 is 0. The molecule has 0 saturated carbocycles. The predicted molar refractivity (Wildman–Crippen MR) is 86.9 cm³/mol. The van der Waals surface area contributed by atoms with Crippen LogP contribution in [0, 0.1) is 13.8 Å². The first-order valence-corrected chi connectivity index (χ1v) is 7.45. The summed E-state index contributed by atoms with van der Waals surface area (Å²) in [5.74, 6) is 1.41. The van der Waals surface area contributed by atoms with E-state index in [1.807, 2.05) is 39.8 Å². The Balaban J connectivity index is 2.55. The van der Waals surface area contributed by atoms with E-state index in [4.69, 9.17) is 4.42 Å². The Kier molecular flexibility index (Phi) is 5.65. The number of carbonyl (C=O) groups is 1. The van der Waals surface area contributed by atoms with Crippen LogP contribution in [0.4, 0.5) is 4.79 Å². The van der Waals surface area contributed by atoms with Crippen molar-refractivity contribution in [2.75, 3.05) is 27.2 Å². The first-order valence-electron chi connectivity index (χ1n) is 7.45. The van der Waals surface area contributed by atoms with E-state index in [-0.39, 0.29) is 18.1 Å². The van der Waals surface area contributed by atoms with Crippen molar-refractivity contribution in [1.29, 1.82) is 0 Å². The van der Waals surface area contributed by atoms with Gasteiger partial charge in [0.2, 0.25) is 0 Å². The standard InChI is InChI=1S/C16H29N3O3/c1-11-8-13(12(2)22-11)16(5,21)10-18-14(20)17-9-15(3,4)19(6)7/h8,21H,9-10H2,1-7H3,(H2,17,18,20). The molecule has 1 aromatic rings. The Morgan fingerprint density at radius 3 is 2.23 bits per heavy atom. The molecule has 0 aliphatic rings. The zero-order valence-electron chi connectivity index (χ0n) is 14.7. The summed E-state index contributed by atoms with van der Waals surface area (Å²) in [6.07, 6.45) is 0. The van der Waals surface area contributed by atoms with E-state index in [2.05, 4.69) is 10.6 Å². The van der Waals surface area contributed by atoms with Crippen LogP contribution in [0.2, 0.25) is 0 Å². The number of amides is 2. The number of aryl methyl sites for hydroxylation is 2. The van der Waals surface area contributed by atoms with Gasteiger partial charge in [-0.3, -0.25) is 0 Å². The highest BCUT2D eigenvalue weighted by atomic mass is 16.3. The summed E-state index contributed by atoms with van der Waals surface area (Å²) in [4.78, 5) is 13.9. The molecule has 1 aromatic heterocycles. The third-order valence-electron chi connectivity index (χ3n) is 4.11. The van der Waals surface area contributed by atoms with Gasteiger partial charge in [0.25, 0.3) is 0 Å². The van der Waals surface area contributed by atoms with Crippen LogP contribution >= 0.6 is 0 Å². The molecule has 2 amide bonds. The summed E-state index contributed by atoms with van der Waals surface area (Å²) in [5, 5.41) is 16.1. The van der Waals surface area contributed by atoms with Crippen molar-refractivity contribution in [2.45, 2.75) is 45.8 Å². The molecule has 0 bridgehead atoms. The molecule has 1 atom stereocenters. The topological polar surface area (TPSA) is 77.7 Å².